The monoisotopic (exact) mass is 506 g/mol. The number of alkyl halides is 1. The van der Waals surface area contributed by atoms with Crippen molar-refractivity contribution in [2.24, 2.45) is 0 Å². The molecular formula is C20H24BrFO7S. The van der Waals surface area contributed by atoms with Crippen LogP contribution in [0.5, 0.6) is 0 Å². The summed E-state index contributed by atoms with van der Waals surface area (Å²) in [4.78, 5) is 35.4. The predicted molar refractivity (Wildman–Crippen MR) is 112 cm³/mol. The third-order valence-corrected chi connectivity index (χ3v) is 5.97. The molecule has 1 saturated heterocycles. The molecule has 30 heavy (non-hydrogen) atoms. The number of ether oxygens (including phenoxy) is 4. The minimum Gasteiger partial charge on any atom is -0.455 e. The number of carbonyl (C=O) groups is 3. The molecule has 1 aromatic carbocycles. The van der Waals surface area contributed by atoms with Crippen LogP contribution in [-0.4, -0.2) is 47.9 Å². The predicted octanol–water partition coefficient (Wildman–Crippen LogP) is 3.58. The number of thioether (sulfide) groups is 1. The first-order valence-electron chi connectivity index (χ1n) is 9.13. The number of aryl methyl sites for hydroxylation is 1. The first kappa shape index (κ1) is 24.6. The minimum absolute atomic E-state index is 0.270. The van der Waals surface area contributed by atoms with E-state index in [0.29, 0.717) is 16.7 Å². The Bertz CT molecular complexity index is 819. The van der Waals surface area contributed by atoms with E-state index < -0.39 is 47.8 Å². The summed E-state index contributed by atoms with van der Waals surface area (Å²) in [6.07, 6.45) is -2.34. The molecule has 0 unspecified atom stereocenters. The van der Waals surface area contributed by atoms with Gasteiger partial charge < -0.3 is 18.9 Å². The number of esters is 3. The summed E-state index contributed by atoms with van der Waals surface area (Å²) in [5.74, 6) is -2.25. The van der Waals surface area contributed by atoms with Crippen molar-refractivity contribution < 1.29 is 37.7 Å². The van der Waals surface area contributed by atoms with Crippen molar-refractivity contribution in [3.63, 3.8) is 0 Å². The van der Waals surface area contributed by atoms with Gasteiger partial charge in [-0.25, -0.2) is 4.39 Å². The van der Waals surface area contributed by atoms with Crippen molar-refractivity contribution in [3.8, 4) is 0 Å². The summed E-state index contributed by atoms with van der Waals surface area (Å²) in [5, 5.41) is 0.270. The van der Waals surface area contributed by atoms with Crippen molar-refractivity contribution in [1.29, 1.82) is 0 Å². The lowest BCUT2D eigenvalue weighted by molar-refractivity contribution is -0.233. The van der Waals surface area contributed by atoms with Gasteiger partial charge in [0.2, 0.25) is 0 Å². The maximum absolute atomic E-state index is 14.2. The Hall–Kier alpha value is -1.65. The van der Waals surface area contributed by atoms with Gasteiger partial charge >= 0.3 is 17.9 Å². The van der Waals surface area contributed by atoms with Crippen LogP contribution in [0.2, 0.25) is 0 Å². The molecule has 10 heteroatoms. The van der Waals surface area contributed by atoms with Crippen molar-refractivity contribution >= 4 is 45.6 Å². The number of halogens is 2. The van der Waals surface area contributed by atoms with Gasteiger partial charge in [0.25, 0.3) is 0 Å². The fourth-order valence-corrected chi connectivity index (χ4v) is 4.50. The number of benzene rings is 1. The highest BCUT2D eigenvalue weighted by Crippen LogP contribution is 2.41. The summed E-state index contributed by atoms with van der Waals surface area (Å²) >= 11 is 4.51. The van der Waals surface area contributed by atoms with E-state index in [1.165, 1.54) is 38.6 Å². The second kappa shape index (κ2) is 10.6. The van der Waals surface area contributed by atoms with Crippen LogP contribution in [0.25, 0.3) is 0 Å². The first-order valence-corrected chi connectivity index (χ1v) is 11.5. The largest absolute Gasteiger partial charge is 0.455 e. The van der Waals surface area contributed by atoms with Gasteiger partial charge in [-0.05, 0) is 42.0 Å². The molecule has 0 bridgehead atoms. The molecule has 0 saturated carbocycles. The van der Waals surface area contributed by atoms with E-state index >= 15 is 0 Å². The molecule has 1 heterocycles. The van der Waals surface area contributed by atoms with E-state index in [4.69, 9.17) is 18.9 Å². The quantitative estimate of drug-likeness (QED) is 0.328. The molecule has 166 valence electrons. The Morgan fingerprint density at radius 3 is 2.07 bits per heavy atom. The highest BCUT2D eigenvalue weighted by Gasteiger charge is 2.52. The van der Waals surface area contributed by atoms with Crippen molar-refractivity contribution in [2.45, 2.75) is 62.9 Å². The lowest BCUT2D eigenvalue weighted by atomic mass is 9.90. The highest BCUT2D eigenvalue weighted by atomic mass is 79.9. The van der Waals surface area contributed by atoms with E-state index in [1.807, 2.05) is 0 Å². The molecule has 0 aliphatic carbocycles. The van der Waals surface area contributed by atoms with Crippen LogP contribution in [0.15, 0.2) is 12.1 Å². The molecule has 0 amide bonds. The maximum atomic E-state index is 14.2. The Morgan fingerprint density at radius 2 is 1.57 bits per heavy atom. The summed E-state index contributed by atoms with van der Waals surface area (Å²) in [6, 6.07) is 2.99. The minimum atomic E-state index is -1.11. The number of hydrogen-bond acceptors (Lipinski definition) is 8. The van der Waals surface area contributed by atoms with Crippen LogP contribution in [0, 0.1) is 12.7 Å². The fraction of sp³-hybridized carbons (Fsp3) is 0.550. The second-order valence-corrected chi connectivity index (χ2v) is 8.31. The first-order chi connectivity index (χ1) is 14.1. The highest BCUT2D eigenvalue weighted by molar-refractivity contribution is 9.08. The molecule has 1 fully saturated rings. The molecule has 1 aliphatic heterocycles. The van der Waals surface area contributed by atoms with Crippen LogP contribution in [-0.2, 0) is 38.7 Å². The molecule has 1 aromatic rings. The normalized spacial score (nSPS) is 26.0. The van der Waals surface area contributed by atoms with Crippen molar-refractivity contribution in [1.82, 2.24) is 0 Å². The molecule has 0 spiro atoms. The molecule has 2 rings (SSSR count). The van der Waals surface area contributed by atoms with Crippen LogP contribution in [0.1, 0.15) is 43.6 Å². The van der Waals surface area contributed by atoms with E-state index in [2.05, 4.69) is 15.9 Å². The van der Waals surface area contributed by atoms with E-state index in [9.17, 15) is 18.8 Å². The average molecular weight is 507 g/mol. The topological polar surface area (TPSA) is 88.1 Å². The van der Waals surface area contributed by atoms with E-state index in [0.717, 1.165) is 0 Å². The lowest BCUT2D eigenvalue weighted by Gasteiger charge is -2.44. The molecular weight excluding hydrogens is 483 g/mol. The number of rotatable bonds is 6. The Balaban J connectivity index is 2.61. The third-order valence-electron chi connectivity index (χ3n) is 4.52. The van der Waals surface area contributed by atoms with E-state index in [1.54, 1.807) is 19.2 Å². The molecule has 1 aliphatic rings. The summed E-state index contributed by atoms with van der Waals surface area (Å²) < 4.78 is 36.7. The standard InChI is InChI=1S/C20H24BrFO7S/c1-9-6-15(22)13(8-21)7-14(9)16-17(26-10(2)23)18(27-11(3)24)19(28-12(4)25)20(29-16)30-5/h6-7,16-20H,8H2,1-5H3/t16-,17-,18+,19-,20+/m0/s1. The Kier molecular flexibility index (Phi) is 8.69. The molecule has 0 N–H and O–H groups in total. The molecule has 0 aromatic heterocycles. The van der Waals surface area contributed by atoms with Crippen LogP contribution in [0.3, 0.4) is 0 Å². The Labute approximate surface area is 187 Å². The smallest absolute Gasteiger partial charge is 0.303 e. The van der Waals surface area contributed by atoms with Crippen LogP contribution in [0.4, 0.5) is 4.39 Å². The lowest BCUT2D eigenvalue weighted by Crippen LogP contribution is -2.57. The van der Waals surface area contributed by atoms with Gasteiger partial charge in [-0.1, -0.05) is 15.9 Å². The maximum Gasteiger partial charge on any atom is 0.303 e. The van der Waals surface area contributed by atoms with Crippen molar-refractivity contribution in [2.75, 3.05) is 6.26 Å². The SMILES string of the molecule is CS[C@H]1O[C@@H](c2cc(CBr)c(F)cc2C)[C@H](OC(C)=O)[C@@H](OC(C)=O)[C@@H]1OC(C)=O. The average Bonchev–Trinajstić information content (AvgIpc) is 2.64. The zero-order valence-corrected chi connectivity index (χ0v) is 19.7. The second-order valence-electron chi connectivity index (χ2n) is 6.82. The van der Waals surface area contributed by atoms with Gasteiger partial charge in [-0.2, -0.15) is 0 Å². The van der Waals surface area contributed by atoms with Crippen LogP contribution >= 0.6 is 27.7 Å². The van der Waals surface area contributed by atoms with Gasteiger partial charge in [0.05, 0.1) is 0 Å². The zero-order valence-electron chi connectivity index (χ0n) is 17.3. The van der Waals surface area contributed by atoms with Gasteiger partial charge in [-0.3, -0.25) is 14.4 Å². The number of carbonyl (C=O) groups excluding carboxylic acids is 3. The zero-order chi connectivity index (χ0) is 22.6. The molecule has 7 nitrogen and oxygen atoms in total. The fourth-order valence-electron chi connectivity index (χ4n) is 3.36. The van der Waals surface area contributed by atoms with Gasteiger partial charge in [0.15, 0.2) is 18.3 Å². The molecule has 0 radical (unpaired) electrons. The third kappa shape index (κ3) is 5.73. The van der Waals surface area contributed by atoms with E-state index in [-0.39, 0.29) is 11.1 Å². The van der Waals surface area contributed by atoms with Gasteiger partial charge in [0.1, 0.15) is 17.4 Å². The number of hydrogen-bond donors (Lipinski definition) is 0. The van der Waals surface area contributed by atoms with Gasteiger partial charge in [-0.15, -0.1) is 11.8 Å². The Morgan fingerprint density at radius 1 is 1.03 bits per heavy atom. The van der Waals surface area contributed by atoms with Crippen molar-refractivity contribution in [3.05, 3.63) is 34.6 Å². The summed E-state index contributed by atoms with van der Waals surface area (Å²) in [6.45, 7) is 5.35. The summed E-state index contributed by atoms with van der Waals surface area (Å²) in [7, 11) is 0. The molecule has 5 atom stereocenters. The van der Waals surface area contributed by atoms with Gasteiger partial charge in [0, 0.05) is 26.1 Å². The van der Waals surface area contributed by atoms with Crippen LogP contribution < -0.4 is 0 Å². The summed E-state index contributed by atoms with van der Waals surface area (Å²) in [5.41, 5.74) is 0.834.